The van der Waals surface area contributed by atoms with Gasteiger partial charge in [0.25, 0.3) is 0 Å². The maximum atomic E-state index is 13.2. The van der Waals surface area contributed by atoms with Gasteiger partial charge in [-0.2, -0.15) is 4.31 Å². The van der Waals surface area contributed by atoms with E-state index in [4.69, 9.17) is 16.3 Å². The predicted octanol–water partition coefficient (Wildman–Crippen LogP) is 4.01. The van der Waals surface area contributed by atoms with Crippen molar-refractivity contribution in [2.75, 3.05) is 0 Å². The summed E-state index contributed by atoms with van der Waals surface area (Å²) in [5.41, 5.74) is 2.08. The first-order valence-corrected chi connectivity index (χ1v) is 9.65. The van der Waals surface area contributed by atoms with E-state index in [0.717, 1.165) is 11.1 Å². The Kier molecular flexibility index (Phi) is 4.60. The van der Waals surface area contributed by atoms with Crippen molar-refractivity contribution < 1.29 is 13.2 Å². The molecule has 0 bridgehead atoms. The summed E-state index contributed by atoms with van der Waals surface area (Å²) in [6.07, 6.45) is -0.314. The quantitative estimate of drug-likeness (QED) is 0.807. The van der Waals surface area contributed by atoms with Gasteiger partial charge in [0.05, 0.1) is 11.1 Å². The van der Waals surface area contributed by atoms with Crippen LogP contribution in [0.1, 0.15) is 25.0 Å². The molecule has 0 aliphatic carbocycles. The van der Waals surface area contributed by atoms with E-state index in [0.29, 0.717) is 11.6 Å². The Labute approximate surface area is 148 Å². The van der Waals surface area contributed by atoms with Crippen LogP contribution in [0.2, 0.25) is 5.02 Å². The van der Waals surface area contributed by atoms with Crippen LogP contribution >= 0.6 is 11.6 Å². The van der Waals surface area contributed by atoms with Crippen molar-refractivity contribution in [1.82, 2.24) is 4.31 Å². The molecule has 24 heavy (non-hydrogen) atoms. The van der Waals surface area contributed by atoms with Crippen LogP contribution in [-0.2, 0) is 16.6 Å². The molecule has 0 saturated carbocycles. The molecule has 3 rings (SSSR count). The van der Waals surface area contributed by atoms with E-state index in [1.807, 2.05) is 45.0 Å². The third-order valence-electron chi connectivity index (χ3n) is 4.41. The summed E-state index contributed by atoms with van der Waals surface area (Å²) in [5.74, 6) is 0.241. The second kappa shape index (κ2) is 6.39. The van der Waals surface area contributed by atoms with E-state index >= 15 is 0 Å². The molecule has 0 fully saturated rings. The normalized spacial score (nSPS) is 23.2. The van der Waals surface area contributed by atoms with Crippen LogP contribution in [0, 0.1) is 6.92 Å². The summed E-state index contributed by atoms with van der Waals surface area (Å²) in [5, 5.41) is 0.312. The van der Waals surface area contributed by atoms with Gasteiger partial charge in [-0.05, 0) is 38.5 Å². The highest BCUT2D eigenvalue weighted by Gasteiger charge is 2.39. The smallest absolute Gasteiger partial charge is 0.247 e. The monoisotopic (exact) mass is 365 g/mol. The fraction of sp³-hybridized carbons (Fsp3) is 0.333. The minimum absolute atomic E-state index is 0.123. The zero-order chi connectivity index (χ0) is 17.5. The molecule has 1 aliphatic rings. The molecular weight excluding hydrogens is 346 g/mol. The van der Waals surface area contributed by atoms with Gasteiger partial charge in [0.15, 0.2) is 5.75 Å². The zero-order valence-corrected chi connectivity index (χ0v) is 15.4. The fourth-order valence-electron chi connectivity index (χ4n) is 2.77. The first kappa shape index (κ1) is 17.3. The van der Waals surface area contributed by atoms with Crippen LogP contribution in [0.3, 0.4) is 0 Å². The average Bonchev–Trinajstić information content (AvgIpc) is 2.61. The van der Waals surface area contributed by atoms with Crippen LogP contribution in [0.5, 0.6) is 5.75 Å². The number of aryl methyl sites for hydroxylation is 1. The predicted molar refractivity (Wildman–Crippen MR) is 94.9 cm³/mol. The Morgan fingerprint density at radius 3 is 2.46 bits per heavy atom. The number of hydrogen-bond donors (Lipinski definition) is 0. The Balaban J connectivity index is 2.08. The third kappa shape index (κ3) is 3.04. The molecule has 0 N–H and O–H groups in total. The largest absolute Gasteiger partial charge is 0.486 e. The molecule has 1 heterocycles. The van der Waals surface area contributed by atoms with Gasteiger partial charge in [-0.25, -0.2) is 8.42 Å². The number of para-hydroxylation sites is 1. The number of hydrogen-bond acceptors (Lipinski definition) is 3. The number of benzene rings is 2. The van der Waals surface area contributed by atoms with Gasteiger partial charge in [-0.15, -0.1) is 0 Å². The first-order chi connectivity index (χ1) is 11.3. The summed E-state index contributed by atoms with van der Waals surface area (Å²) >= 11 is 6.17. The molecule has 1 aliphatic heterocycles. The number of rotatable bonds is 2. The van der Waals surface area contributed by atoms with Gasteiger partial charge < -0.3 is 4.74 Å². The maximum absolute atomic E-state index is 13.2. The Morgan fingerprint density at radius 1 is 1.12 bits per heavy atom. The number of sulfonamides is 1. The summed E-state index contributed by atoms with van der Waals surface area (Å²) in [6.45, 7) is 6.02. The van der Waals surface area contributed by atoms with Gasteiger partial charge in [0.1, 0.15) is 11.0 Å². The van der Waals surface area contributed by atoms with Crippen molar-refractivity contribution >= 4 is 21.6 Å². The van der Waals surface area contributed by atoms with E-state index in [2.05, 4.69) is 0 Å². The summed E-state index contributed by atoms with van der Waals surface area (Å²) in [6, 6.07) is 12.4. The second-order valence-electron chi connectivity index (χ2n) is 6.17. The molecule has 0 radical (unpaired) electrons. The van der Waals surface area contributed by atoms with Crippen LogP contribution in [-0.4, -0.2) is 24.9 Å². The Bertz CT molecular complexity index is 849. The zero-order valence-electron chi connectivity index (χ0n) is 13.9. The van der Waals surface area contributed by atoms with E-state index < -0.39 is 10.0 Å². The van der Waals surface area contributed by atoms with E-state index in [-0.39, 0.29) is 22.8 Å². The molecule has 0 saturated heterocycles. The average molecular weight is 366 g/mol. The lowest BCUT2D eigenvalue weighted by Gasteiger charge is -2.28. The maximum Gasteiger partial charge on any atom is 0.247 e. The molecule has 0 unspecified atom stereocenters. The molecule has 2 atom stereocenters. The molecule has 0 amide bonds. The molecule has 128 valence electrons. The second-order valence-corrected chi connectivity index (χ2v) is 8.43. The van der Waals surface area contributed by atoms with Crippen molar-refractivity contribution in [3.63, 3.8) is 0 Å². The van der Waals surface area contributed by atoms with Crippen LogP contribution in [0.4, 0.5) is 0 Å². The van der Waals surface area contributed by atoms with Crippen molar-refractivity contribution in [2.24, 2.45) is 0 Å². The lowest BCUT2D eigenvalue weighted by molar-refractivity contribution is 0.139. The lowest BCUT2D eigenvalue weighted by Crippen LogP contribution is -2.43. The van der Waals surface area contributed by atoms with Gasteiger partial charge in [-0.3, -0.25) is 0 Å². The molecule has 0 spiro atoms. The first-order valence-electron chi connectivity index (χ1n) is 7.83. The number of ether oxygens (including phenoxy) is 1. The summed E-state index contributed by atoms with van der Waals surface area (Å²) in [4.78, 5) is 0.123. The van der Waals surface area contributed by atoms with Gasteiger partial charge in [-0.1, -0.05) is 47.5 Å². The van der Waals surface area contributed by atoms with Crippen molar-refractivity contribution in [3.05, 3.63) is 58.6 Å². The molecule has 2 aromatic carbocycles. The van der Waals surface area contributed by atoms with E-state index in [9.17, 15) is 8.42 Å². The lowest BCUT2D eigenvalue weighted by atomic mass is 10.1. The molecule has 0 aromatic heterocycles. The van der Waals surface area contributed by atoms with Gasteiger partial charge >= 0.3 is 0 Å². The van der Waals surface area contributed by atoms with Crippen LogP contribution < -0.4 is 4.74 Å². The Morgan fingerprint density at radius 2 is 1.79 bits per heavy atom. The fourth-order valence-corrected chi connectivity index (χ4v) is 4.87. The number of halogens is 1. The molecule has 2 aromatic rings. The molecular formula is C18H20ClNO3S. The van der Waals surface area contributed by atoms with Crippen LogP contribution in [0.25, 0.3) is 0 Å². The van der Waals surface area contributed by atoms with E-state index in [1.165, 1.54) is 4.31 Å². The van der Waals surface area contributed by atoms with Crippen LogP contribution in [0.15, 0.2) is 47.4 Å². The molecule has 4 nitrogen and oxygen atoms in total. The van der Waals surface area contributed by atoms with E-state index in [1.54, 1.807) is 18.2 Å². The topological polar surface area (TPSA) is 46.6 Å². The van der Waals surface area contributed by atoms with Crippen molar-refractivity contribution in [3.8, 4) is 5.75 Å². The highest BCUT2D eigenvalue weighted by Crippen LogP contribution is 2.39. The SMILES string of the molecule is Cc1ccc(CN2[C@H](C)[C@@H](C)Oc3c(Cl)cccc3S2(=O)=O)cc1. The summed E-state index contributed by atoms with van der Waals surface area (Å²) < 4.78 is 33.7. The molecule has 6 heteroatoms. The minimum atomic E-state index is -3.71. The standard InChI is InChI=1S/C18H20ClNO3S/c1-12-7-9-15(10-8-12)11-20-13(2)14(3)23-18-16(19)5-4-6-17(18)24(20,21)22/h4-10,13-14H,11H2,1-3H3/t13-,14-/m1/s1. The summed E-state index contributed by atoms with van der Waals surface area (Å²) in [7, 11) is -3.71. The van der Waals surface area contributed by atoms with Crippen molar-refractivity contribution in [2.45, 2.75) is 44.4 Å². The highest BCUT2D eigenvalue weighted by molar-refractivity contribution is 7.89. The highest BCUT2D eigenvalue weighted by atomic mass is 35.5. The minimum Gasteiger partial charge on any atom is -0.486 e. The Hall–Kier alpha value is -1.56. The third-order valence-corrected chi connectivity index (χ3v) is 6.67. The number of fused-ring (bicyclic) bond motifs is 1. The number of nitrogens with zero attached hydrogens (tertiary/aromatic N) is 1. The van der Waals surface area contributed by atoms with Gasteiger partial charge in [0.2, 0.25) is 10.0 Å². The van der Waals surface area contributed by atoms with Gasteiger partial charge in [0, 0.05) is 6.54 Å². The van der Waals surface area contributed by atoms with Crippen molar-refractivity contribution in [1.29, 1.82) is 0 Å².